The highest BCUT2D eigenvalue weighted by Gasteiger charge is 2.49. The van der Waals surface area contributed by atoms with Crippen molar-refractivity contribution in [2.75, 3.05) is 0 Å². The summed E-state index contributed by atoms with van der Waals surface area (Å²) in [6.07, 6.45) is 9.44. The molecule has 3 heteroatoms. The fourth-order valence-corrected chi connectivity index (χ4v) is 2.90. The van der Waals surface area contributed by atoms with Crippen molar-refractivity contribution in [3.05, 3.63) is 18.2 Å². The van der Waals surface area contributed by atoms with Gasteiger partial charge in [-0.1, -0.05) is 12.8 Å². The number of nitrogens with one attached hydrogen (secondary N) is 2. The highest BCUT2D eigenvalue weighted by atomic mass is 15.0. The van der Waals surface area contributed by atoms with Crippen LogP contribution < -0.4 is 5.32 Å². The standard InChI is InChI=1S/C11H17N3/c1-2-4-10-9(3-1)11(10)13-6-8-5-12-7-14-8/h5,7,9-11,13H,1-4,6H2,(H,12,14). The van der Waals surface area contributed by atoms with Gasteiger partial charge in [-0.25, -0.2) is 4.98 Å². The number of hydrogen-bond acceptors (Lipinski definition) is 2. The van der Waals surface area contributed by atoms with Gasteiger partial charge < -0.3 is 10.3 Å². The van der Waals surface area contributed by atoms with Crippen LogP contribution in [0.4, 0.5) is 0 Å². The van der Waals surface area contributed by atoms with E-state index in [0.29, 0.717) is 0 Å². The molecule has 1 aromatic rings. The van der Waals surface area contributed by atoms with Crippen LogP contribution in [0.2, 0.25) is 0 Å². The second kappa shape index (κ2) is 3.39. The Kier molecular flexibility index (Phi) is 2.05. The first-order valence-corrected chi connectivity index (χ1v) is 5.66. The molecule has 2 fully saturated rings. The number of fused-ring (bicyclic) bond motifs is 1. The molecule has 0 amide bonds. The van der Waals surface area contributed by atoms with E-state index < -0.39 is 0 Å². The van der Waals surface area contributed by atoms with Gasteiger partial charge in [-0.2, -0.15) is 0 Å². The predicted molar refractivity (Wildman–Crippen MR) is 54.7 cm³/mol. The summed E-state index contributed by atoms with van der Waals surface area (Å²) in [6.45, 7) is 0.956. The molecule has 2 aliphatic carbocycles. The number of hydrogen-bond donors (Lipinski definition) is 2. The van der Waals surface area contributed by atoms with Gasteiger partial charge in [-0.05, 0) is 24.7 Å². The zero-order valence-corrected chi connectivity index (χ0v) is 8.37. The molecule has 2 saturated carbocycles. The van der Waals surface area contributed by atoms with Crippen molar-refractivity contribution in [2.24, 2.45) is 11.8 Å². The van der Waals surface area contributed by atoms with Gasteiger partial charge in [0.05, 0.1) is 6.33 Å². The number of aromatic amines is 1. The fourth-order valence-electron chi connectivity index (χ4n) is 2.90. The fraction of sp³-hybridized carbons (Fsp3) is 0.727. The molecule has 0 saturated heterocycles. The molecule has 14 heavy (non-hydrogen) atoms. The summed E-state index contributed by atoms with van der Waals surface area (Å²) in [5.41, 5.74) is 1.20. The van der Waals surface area contributed by atoms with Crippen LogP contribution in [0.1, 0.15) is 31.4 Å². The van der Waals surface area contributed by atoms with Gasteiger partial charge in [0.1, 0.15) is 0 Å². The van der Waals surface area contributed by atoms with Crippen LogP contribution in [-0.4, -0.2) is 16.0 Å². The summed E-state index contributed by atoms with van der Waals surface area (Å²) in [6, 6.07) is 0.806. The van der Waals surface area contributed by atoms with Crippen LogP contribution in [0, 0.1) is 11.8 Å². The third-order valence-electron chi connectivity index (χ3n) is 3.74. The Hall–Kier alpha value is -0.830. The molecular weight excluding hydrogens is 174 g/mol. The minimum Gasteiger partial charge on any atom is -0.347 e. The first kappa shape index (κ1) is 8.48. The molecule has 2 aliphatic rings. The van der Waals surface area contributed by atoms with E-state index in [1.807, 2.05) is 6.20 Å². The third-order valence-corrected chi connectivity index (χ3v) is 3.74. The summed E-state index contributed by atoms with van der Waals surface area (Å²) < 4.78 is 0. The van der Waals surface area contributed by atoms with Crippen LogP contribution in [0.5, 0.6) is 0 Å². The molecule has 2 atom stereocenters. The smallest absolute Gasteiger partial charge is 0.0922 e. The monoisotopic (exact) mass is 191 g/mol. The average Bonchev–Trinajstić information content (AvgIpc) is 2.69. The minimum atomic E-state index is 0.806. The summed E-state index contributed by atoms with van der Waals surface area (Å²) in [5, 5.41) is 3.63. The molecule has 3 nitrogen and oxygen atoms in total. The van der Waals surface area contributed by atoms with Gasteiger partial charge in [0, 0.05) is 24.5 Å². The first-order chi connectivity index (χ1) is 6.95. The van der Waals surface area contributed by atoms with Crippen molar-refractivity contribution in [3.63, 3.8) is 0 Å². The van der Waals surface area contributed by atoms with Gasteiger partial charge in [-0.15, -0.1) is 0 Å². The molecule has 3 rings (SSSR count). The second-order valence-electron chi connectivity index (χ2n) is 4.60. The van der Waals surface area contributed by atoms with Crippen LogP contribution >= 0.6 is 0 Å². The average molecular weight is 191 g/mol. The molecular formula is C11H17N3. The van der Waals surface area contributed by atoms with Gasteiger partial charge in [0.25, 0.3) is 0 Å². The van der Waals surface area contributed by atoms with Crippen molar-refractivity contribution in [2.45, 2.75) is 38.3 Å². The highest BCUT2D eigenvalue weighted by Crippen LogP contribution is 2.49. The topological polar surface area (TPSA) is 40.7 Å². The first-order valence-electron chi connectivity index (χ1n) is 5.66. The van der Waals surface area contributed by atoms with E-state index in [1.54, 1.807) is 6.33 Å². The van der Waals surface area contributed by atoms with E-state index in [9.17, 15) is 0 Å². The van der Waals surface area contributed by atoms with Gasteiger partial charge in [-0.3, -0.25) is 0 Å². The van der Waals surface area contributed by atoms with Crippen molar-refractivity contribution in [3.8, 4) is 0 Å². The molecule has 0 bridgehead atoms. The second-order valence-corrected chi connectivity index (χ2v) is 4.60. The zero-order valence-electron chi connectivity index (χ0n) is 8.37. The molecule has 2 N–H and O–H groups in total. The molecule has 0 radical (unpaired) electrons. The van der Waals surface area contributed by atoms with E-state index >= 15 is 0 Å². The Morgan fingerprint density at radius 2 is 2.14 bits per heavy atom. The third kappa shape index (κ3) is 1.46. The molecule has 1 heterocycles. The maximum absolute atomic E-state index is 4.02. The van der Waals surface area contributed by atoms with Crippen molar-refractivity contribution in [1.29, 1.82) is 0 Å². The van der Waals surface area contributed by atoms with Crippen LogP contribution in [0.3, 0.4) is 0 Å². The Morgan fingerprint density at radius 1 is 1.36 bits per heavy atom. The number of aromatic nitrogens is 2. The summed E-state index contributed by atoms with van der Waals surface area (Å²) in [7, 11) is 0. The van der Waals surface area contributed by atoms with Crippen LogP contribution in [0.25, 0.3) is 0 Å². The van der Waals surface area contributed by atoms with Crippen molar-refractivity contribution < 1.29 is 0 Å². The van der Waals surface area contributed by atoms with Gasteiger partial charge in [0.15, 0.2) is 0 Å². The number of H-pyrrole nitrogens is 1. The number of nitrogens with zero attached hydrogens (tertiary/aromatic N) is 1. The van der Waals surface area contributed by atoms with E-state index in [-0.39, 0.29) is 0 Å². The summed E-state index contributed by atoms with van der Waals surface area (Å²) >= 11 is 0. The Labute approximate surface area is 84.3 Å². The predicted octanol–water partition coefficient (Wildman–Crippen LogP) is 1.69. The molecule has 76 valence electrons. The van der Waals surface area contributed by atoms with Gasteiger partial charge in [0.2, 0.25) is 0 Å². The lowest BCUT2D eigenvalue weighted by atomic mass is 10.0. The largest absolute Gasteiger partial charge is 0.347 e. The maximum atomic E-state index is 4.02. The number of rotatable bonds is 3. The van der Waals surface area contributed by atoms with Crippen molar-refractivity contribution in [1.82, 2.24) is 15.3 Å². The van der Waals surface area contributed by atoms with Crippen molar-refractivity contribution >= 4 is 0 Å². The molecule has 0 spiro atoms. The Balaban J connectivity index is 1.50. The van der Waals surface area contributed by atoms with Crippen LogP contribution in [0.15, 0.2) is 12.5 Å². The Morgan fingerprint density at radius 3 is 2.79 bits per heavy atom. The van der Waals surface area contributed by atoms with Crippen LogP contribution in [-0.2, 0) is 6.54 Å². The lowest BCUT2D eigenvalue weighted by molar-refractivity contribution is 0.480. The summed E-state index contributed by atoms with van der Waals surface area (Å²) in [4.78, 5) is 7.14. The van der Waals surface area contributed by atoms with E-state index in [4.69, 9.17) is 0 Å². The van der Waals surface area contributed by atoms with Gasteiger partial charge >= 0.3 is 0 Å². The lowest BCUT2D eigenvalue weighted by Gasteiger charge is -2.04. The zero-order chi connectivity index (χ0) is 9.38. The van der Waals surface area contributed by atoms with E-state index in [1.165, 1.54) is 31.4 Å². The SMILES string of the molecule is c1ncc(CNC2C3CCCCC32)[nH]1. The summed E-state index contributed by atoms with van der Waals surface area (Å²) in [5.74, 6) is 1.98. The molecule has 2 unspecified atom stereocenters. The lowest BCUT2D eigenvalue weighted by Crippen LogP contribution is -2.18. The Bertz CT molecular complexity index is 281. The number of imidazole rings is 1. The van der Waals surface area contributed by atoms with E-state index in [0.717, 1.165) is 24.4 Å². The highest BCUT2D eigenvalue weighted by molar-refractivity contribution is 5.06. The normalized spacial score (nSPS) is 35.3. The maximum Gasteiger partial charge on any atom is 0.0922 e. The van der Waals surface area contributed by atoms with E-state index in [2.05, 4.69) is 15.3 Å². The minimum absolute atomic E-state index is 0.806. The molecule has 0 aromatic carbocycles. The molecule has 1 aromatic heterocycles. The molecule has 0 aliphatic heterocycles. The quantitative estimate of drug-likeness (QED) is 0.763.